The van der Waals surface area contributed by atoms with E-state index in [-0.39, 0.29) is 12.3 Å². The van der Waals surface area contributed by atoms with Crippen molar-refractivity contribution >= 4 is 18.1 Å². The minimum atomic E-state index is -1.02. The van der Waals surface area contributed by atoms with Crippen molar-refractivity contribution in [3.63, 3.8) is 0 Å². The minimum absolute atomic E-state index is 0.240. The molecule has 1 aromatic rings. The van der Waals surface area contributed by atoms with Gasteiger partial charge in [-0.1, -0.05) is 24.3 Å². The van der Waals surface area contributed by atoms with Gasteiger partial charge in [0.25, 0.3) is 0 Å². The first kappa shape index (κ1) is 13.9. The molecule has 0 unspecified atom stereocenters. The second-order valence-corrected chi connectivity index (χ2v) is 3.82. The highest BCUT2D eigenvalue weighted by Crippen LogP contribution is 2.05. The Hall–Kier alpha value is -2.21. The molecule has 0 bridgehead atoms. The first-order chi connectivity index (χ1) is 8.49. The summed E-state index contributed by atoms with van der Waals surface area (Å²) in [6, 6.07) is 6.20. The van der Waals surface area contributed by atoms with Crippen LogP contribution in [0, 0.1) is 0 Å². The third-order valence-electron chi connectivity index (χ3n) is 2.19. The summed E-state index contributed by atoms with van der Waals surface area (Å²) in [6.45, 7) is 1.37. The quantitative estimate of drug-likeness (QED) is 0.508. The van der Waals surface area contributed by atoms with E-state index in [1.807, 2.05) is 0 Å². The number of aliphatic carboxylic acids is 1. The molecule has 6 nitrogen and oxygen atoms in total. The van der Waals surface area contributed by atoms with Gasteiger partial charge in [0.15, 0.2) is 0 Å². The molecule has 1 amide bonds. The monoisotopic (exact) mass is 249 g/mol. The Morgan fingerprint density at radius 1 is 1.44 bits per heavy atom. The van der Waals surface area contributed by atoms with Crippen molar-refractivity contribution < 1.29 is 14.7 Å². The number of benzene rings is 1. The fourth-order valence-electron chi connectivity index (χ4n) is 1.28. The number of carbonyl (C=O) groups excluding carboxylic acids is 1. The van der Waals surface area contributed by atoms with Gasteiger partial charge in [0.1, 0.15) is 6.04 Å². The second kappa shape index (κ2) is 6.51. The molecule has 0 aliphatic heterocycles. The molecular weight excluding hydrogens is 234 g/mol. The highest BCUT2D eigenvalue weighted by Gasteiger charge is 2.11. The zero-order valence-corrected chi connectivity index (χ0v) is 9.96. The van der Waals surface area contributed by atoms with Gasteiger partial charge in [0, 0.05) is 6.92 Å². The zero-order chi connectivity index (χ0) is 13.5. The third-order valence-corrected chi connectivity index (χ3v) is 2.19. The lowest BCUT2D eigenvalue weighted by Crippen LogP contribution is -2.32. The molecule has 1 aromatic carbocycles. The predicted octanol–water partition coefficient (Wildman–Crippen LogP) is 0.111. The third kappa shape index (κ3) is 4.75. The molecule has 0 fully saturated rings. The predicted molar refractivity (Wildman–Crippen MR) is 67.2 cm³/mol. The van der Waals surface area contributed by atoms with Crippen molar-refractivity contribution in [3.05, 3.63) is 35.4 Å². The van der Waals surface area contributed by atoms with Crippen molar-refractivity contribution in [2.75, 3.05) is 0 Å². The van der Waals surface area contributed by atoms with Crippen molar-refractivity contribution in [3.8, 4) is 0 Å². The number of nitrogens with one attached hydrogen (secondary N) is 1. The number of hydrogen-bond donors (Lipinski definition) is 3. The molecule has 0 spiro atoms. The topological polar surface area (TPSA) is 105 Å². The Kier molecular flexibility index (Phi) is 5.01. The largest absolute Gasteiger partial charge is 0.480 e. The van der Waals surface area contributed by atoms with Gasteiger partial charge in [-0.2, -0.15) is 5.10 Å². The molecule has 0 aliphatic carbocycles. The SMILES string of the molecule is CC(=O)N/N=C\c1ccc(C[C@H](N)C(=O)O)cc1. The maximum absolute atomic E-state index is 10.6. The maximum atomic E-state index is 10.6. The molecule has 6 heteroatoms. The van der Waals surface area contributed by atoms with Crippen molar-refractivity contribution in [1.82, 2.24) is 5.43 Å². The average Bonchev–Trinajstić information content (AvgIpc) is 2.30. The maximum Gasteiger partial charge on any atom is 0.320 e. The zero-order valence-electron chi connectivity index (χ0n) is 9.96. The molecule has 96 valence electrons. The average molecular weight is 249 g/mol. The Morgan fingerprint density at radius 3 is 2.56 bits per heavy atom. The van der Waals surface area contributed by atoms with E-state index in [9.17, 15) is 9.59 Å². The highest BCUT2D eigenvalue weighted by atomic mass is 16.4. The molecular formula is C12H15N3O3. The Labute approximate surface area is 104 Å². The lowest BCUT2D eigenvalue weighted by Gasteiger charge is -2.06. The summed E-state index contributed by atoms with van der Waals surface area (Å²) in [7, 11) is 0. The minimum Gasteiger partial charge on any atom is -0.480 e. The first-order valence-electron chi connectivity index (χ1n) is 5.36. The van der Waals surface area contributed by atoms with E-state index < -0.39 is 12.0 Å². The van der Waals surface area contributed by atoms with Crippen LogP contribution in [0.5, 0.6) is 0 Å². The molecule has 0 heterocycles. The van der Waals surface area contributed by atoms with E-state index in [2.05, 4.69) is 10.5 Å². The Balaban J connectivity index is 2.60. The first-order valence-corrected chi connectivity index (χ1v) is 5.36. The normalized spacial score (nSPS) is 12.3. The number of amides is 1. The molecule has 4 N–H and O–H groups in total. The molecule has 0 saturated heterocycles. The van der Waals surface area contributed by atoms with E-state index in [4.69, 9.17) is 10.8 Å². The molecule has 0 aromatic heterocycles. The number of nitrogens with zero attached hydrogens (tertiary/aromatic N) is 1. The van der Waals surface area contributed by atoms with Crippen LogP contribution in [0.4, 0.5) is 0 Å². The summed E-state index contributed by atoms with van der Waals surface area (Å²) in [6.07, 6.45) is 1.78. The number of carboxylic acid groups (broad SMARTS) is 1. The van der Waals surface area contributed by atoms with Crippen LogP contribution in [0.2, 0.25) is 0 Å². The molecule has 0 radical (unpaired) electrons. The number of nitrogens with two attached hydrogens (primary N) is 1. The summed E-state index contributed by atoms with van der Waals surface area (Å²) < 4.78 is 0. The highest BCUT2D eigenvalue weighted by molar-refractivity contribution is 5.81. The van der Waals surface area contributed by atoms with Gasteiger partial charge in [-0.15, -0.1) is 0 Å². The number of carbonyl (C=O) groups is 2. The number of hydrazone groups is 1. The van der Waals surface area contributed by atoms with Crippen LogP contribution in [0.15, 0.2) is 29.4 Å². The summed E-state index contributed by atoms with van der Waals surface area (Å²) in [5, 5.41) is 12.4. The smallest absolute Gasteiger partial charge is 0.320 e. The van der Waals surface area contributed by atoms with E-state index in [0.717, 1.165) is 11.1 Å². The van der Waals surface area contributed by atoms with E-state index >= 15 is 0 Å². The van der Waals surface area contributed by atoms with E-state index in [1.54, 1.807) is 24.3 Å². The van der Waals surface area contributed by atoms with Gasteiger partial charge < -0.3 is 10.8 Å². The molecule has 0 saturated carbocycles. The fourth-order valence-corrected chi connectivity index (χ4v) is 1.28. The standard InChI is InChI=1S/C12H15N3O3/c1-8(16)15-14-7-10-4-2-9(3-5-10)6-11(13)12(17)18/h2-5,7,11H,6,13H2,1H3,(H,15,16)(H,17,18)/b14-7-/t11-/m0/s1. The summed E-state index contributed by atoms with van der Waals surface area (Å²) in [4.78, 5) is 21.2. The van der Waals surface area contributed by atoms with Crippen LogP contribution >= 0.6 is 0 Å². The molecule has 0 aliphatic rings. The second-order valence-electron chi connectivity index (χ2n) is 3.82. The van der Waals surface area contributed by atoms with Gasteiger partial charge >= 0.3 is 5.97 Å². The van der Waals surface area contributed by atoms with Gasteiger partial charge in [-0.05, 0) is 17.5 Å². The molecule has 1 rings (SSSR count). The lowest BCUT2D eigenvalue weighted by molar-refractivity contribution is -0.138. The molecule has 1 atom stereocenters. The Morgan fingerprint density at radius 2 is 2.06 bits per heavy atom. The van der Waals surface area contributed by atoms with Crippen LogP contribution in [0.25, 0.3) is 0 Å². The van der Waals surface area contributed by atoms with Crippen LogP contribution in [-0.2, 0) is 16.0 Å². The van der Waals surface area contributed by atoms with Gasteiger partial charge in [-0.25, -0.2) is 5.43 Å². The fraction of sp³-hybridized carbons (Fsp3) is 0.250. The van der Waals surface area contributed by atoms with E-state index in [1.165, 1.54) is 13.1 Å². The van der Waals surface area contributed by atoms with Gasteiger partial charge in [0.2, 0.25) is 5.91 Å². The lowest BCUT2D eigenvalue weighted by atomic mass is 10.1. The Bertz CT molecular complexity index is 454. The summed E-state index contributed by atoms with van der Waals surface area (Å²) >= 11 is 0. The van der Waals surface area contributed by atoms with Gasteiger partial charge in [0.05, 0.1) is 6.21 Å². The number of carboxylic acids is 1. The number of rotatable bonds is 5. The van der Waals surface area contributed by atoms with Crippen molar-refractivity contribution in [2.24, 2.45) is 10.8 Å². The van der Waals surface area contributed by atoms with Crippen molar-refractivity contribution in [2.45, 2.75) is 19.4 Å². The van der Waals surface area contributed by atoms with Crippen LogP contribution in [0.3, 0.4) is 0 Å². The number of hydrogen-bond acceptors (Lipinski definition) is 4. The van der Waals surface area contributed by atoms with E-state index in [0.29, 0.717) is 0 Å². The molecule has 18 heavy (non-hydrogen) atoms. The van der Waals surface area contributed by atoms with Crippen LogP contribution in [0.1, 0.15) is 18.1 Å². The van der Waals surface area contributed by atoms with Crippen molar-refractivity contribution in [1.29, 1.82) is 0 Å². The summed E-state index contributed by atoms with van der Waals surface area (Å²) in [5.41, 5.74) is 9.35. The van der Waals surface area contributed by atoms with Crippen LogP contribution < -0.4 is 11.2 Å². The van der Waals surface area contributed by atoms with Crippen LogP contribution in [-0.4, -0.2) is 29.2 Å². The van der Waals surface area contributed by atoms with Gasteiger partial charge in [-0.3, -0.25) is 9.59 Å². The summed E-state index contributed by atoms with van der Waals surface area (Å²) in [5.74, 6) is -1.26.